The van der Waals surface area contributed by atoms with E-state index in [9.17, 15) is 0 Å². The topological polar surface area (TPSA) is 24.5 Å². The van der Waals surface area contributed by atoms with Crippen molar-refractivity contribution in [2.45, 2.75) is 39.2 Å². The van der Waals surface area contributed by atoms with Crippen LogP contribution in [0, 0.1) is 5.92 Å². The molecule has 0 bridgehead atoms. The van der Waals surface area contributed by atoms with Gasteiger partial charge in [0.05, 0.1) is 6.61 Å². The summed E-state index contributed by atoms with van der Waals surface area (Å²) in [6.07, 6.45) is 4.10. The van der Waals surface area contributed by atoms with E-state index in [2.05, 4.69) is 31.1 Å². The van der Waals surface area contributed by atoms with Crippen molar-refractivity contribution in [2.75, 3.05) is 39.9 Å². The highest BCUT2D eigenvalue weighted by molar-refractivity contribution is 4.75. The molecule has 0 spiro atoms. The van der Waals surface area contributed by atoms with Crippen molar-refractivity contribution in [3.63, 3.8) is 0 Å². The lowest BCUT2D eigenvalue weighted by molar-refractivity contribution is 0.108. The molecule has 0 aromatic heterocycles. The second-order valence-corrected chi connectivity index (χ2v) is 5.30. The van der Waals surface area contributed by atoms with Crippen molar-refractivity contribution >= 4 is 0 Å². The van der Waals surface area contributed by atoms with Crippen LogP contribution in [-0.4, -0.2) is 50.8 Å². The van der Waals surface area contributed by atoms with Crippen LogP contribution >= 0.6 is 0 Å². The van der Waals surface area contributed by atoms with Crippen LogP contribution in [0.3, 0.4) is 0 Å². The van der Waals surface area contributed by atoms with E-state index in [-0.39, 0.29) is 0 Å². The van der Waals surface area contributed by atoms with Gasteiger partial charge in [0.2, 0.25) is 0 Å². The molecule has 1 fully saturated rings. The molecule has 96 valence electrons. The molecule has 3 nitrogen and oxygen atoms in total. The molecule has 1 N–H and O–H groups in total. The van der Waals surface area contributed by atoms with Crippen LogP contribution in [-0.2, 0) is 4.74 Å². The zero-order valence-corrected chi connectivity index (χ0v) is 11.2. The van der Waals surface area contributed by atoms with Crippen molar-refractivity contribution in [2.24, 2.45) is 5.92 Å². The van der Waals surface area contributed by atoms with Gasteiger partial charge in [-0.25, -0.2) is 0 Å². The Balaban J connectivity index is 1.94. The van der Waals surface area contributed by atoms with E-state index in [4.69, 9.17) is 4.74 Å². The van der Waals surface area contributed by atoms with E-state index in [1.54, 1.807) is 0 Å². The summed E-state index contributed by atoms with van der Waals surface area (Å²) in [7, 11) is 2.24. The molecule has 16 heavy (non-hydrogen) atoms. The minimum absolute atomic E-state index is 0.643. The number of piperidine rings is 1. The van der Waals surface area contributed by atoms with Gasteiger partial charge in [-0.05, 0) is 32.4 Å². The molecule has 1 heterocycles. The van der Waals surface area contributed by atoms with Crippen molar-refractivity contribution in [3.05, 3.63) is 0 Å². The smallest absolute Gasteiger partial charge is 0.0591 e. The fourth-order valence-corrected chi connectivity index (χ4v) is 2.13. The Bertz CT molecular complexity index is 173. The molecule has 3 heteroatoms. The van der Waals surface area contributed by atoms with E-state index in [1.165, 1.54) is 25.8 Å². The Hall–Kier alpha value is -0.120. The lowest BCUT2D eigenvalue weighted by Crippen LogP contribution is -2.43. The second-order valence-electron chi connectivity index (χ2n) is 5.30. The monoisotopic (exact) mass is 228 g/mol. The van der Waals surface area contributed by atoms with E-state index < -0.39 is 0 Å². The van der Waals surface area contributed by atoms with Crippen LogP contribution in [0.1, 0.15) is 33.1 Å². The second kappa shape index (κ2) is 8.04. The summed E-state index contributed by atoms with van der Waals surface area (Å²) < 4.78 is 5.54. The summed E-state index contributed by atoms with van der Waals surface area (Å²) in [5.74, 6) is 0.643. The van der Waals surface area contributed by atoms with E-state index in [0.29, 0.717) is 5.92 Å². The molecule has 0 aromatic rings. The third kappa shape index (κ3) is 5.83. The van der Waals surface area contributed by atoms with Gasteiger partial charge >= 0.3 is 0 Å². The average Bonchev–Trinajstić information content (AvgIpc) is 2.25. The fraction of sp³-hybridized carbons (Fsp3) is 1.00. The molecular formula is C13H28N2O. The van der Waals surface area contributed by atoms with Crippen LogP contribution < -0.4 is 5.32 Å². The minimum Gasteiger partial charge on any atom is -0.380 e. The van der Waals surface area contributed by atoms with Gasteiger partial charge in [0, 0.05) is 25.7 Å². The maximum Gasteiger partial charge on any atom is 0.0591 e. The largest absolute Gasteiger partial charge is 0.380 e. The number of hydrogen-bond donors (Lipinski definition) is 1. The third-order valence-electron chi connectivity index (χ3n) is 3.18. The number of likely N-dealkylation sites (tertiary alicyclic amines) is 1. The minimum atomic E-state index is 0.643. The quantitative estimate of drug-likeness (QED) is 0.672. The molecule has 1 saturated heterocycles. The van der Waals surface area contributed by atoms with Gasteiger partial charge in [0.15, 0.2) is 0 Å². The van der Waals surface area contributed by atoms with Gasteiger partial charge in [-0.3, -0.25) is 0 Å². The average molecular weight is 228 g/mol. The van der Waals surface area contributed by atoms with Crippen molar-refractivity contribution in [1.29, 1.82) is 0 Å². The first-order chi connectivity index (χ1) is 7.70. The van der Waals surface area contributed by atoms with Crippen molar-refractivity contribution in [3.8, 4) is 0 Å². The molecule has 1 unspecified atom stereocenters. The van der Waals surface area contributed by atoms with Crippen LogP contribution in [0.4, 0.5) is 0 Å². The summed E-state index contributed by atoms with van der Waals surface area (Å²) in [4.78, 5) is 2.48. The first-order valence-electron chi connectivity index (χ1n) is 6.69. The van der Waals surface area contributed by atoms with Crippen LogP contribution in [0.25, 0.3) is 0 Å². The van der Waals surface area contributed by atoms with Crippen molar-refractivity contribution in [1.82, 2.24) is 10.2 Å². The summed E-state index contributed by atoms with van der Waals surface area (Å²) >= 11 is 0. The molecule has 1 atom stereocenters. The zero-order valence-electron chi connectivity index (χ0n) is 11.2. The predicted molar refractivity (Wildman–Crippen MR) is 68.8 cm³/mol. The lowest BCUT2D eigenvalue weighted by Gasteiger charge is -2.32. The molecule has 1 aliphatic heterocycles. The van der Waals surface area contributed by atoms with Gasteiger partial charge in [-0.15, -0.1) is 0 Å². The number of nitrogens with one attached hydrogen (secondary N) is 1. The van der Waals surface area contributed by atoms with E-state index in [0.717, 1.165) is 32.3 Å². The molecule has 1 aliphatic rings. The summed E-state index contributed by atoms with van der Waals surface area (Å²) in [5.41, 5.74) is 0. The lowest BCUT2D eigenvalue weighted by atomic mass is 10.0. The molecular weight excluding hydrogens is 200 g/mol. The maximum absolute atomic E-state index is 5.54. The highest BCUT2D eigenvalue weighted by Gasteiger charge is 2.17. The molecule has 0 radical (unpaired) electrons. The van der Waals surface area contributed by atoms with Crippen molar-refractivity contribution < 1.29 is 4.74 Å². The Morgan fingerprint density at radius 2 is 2.19 bits per heavy atom. The van der Waals surface area contributed by atoms with Crippen LogP contribution in [0.15, 0.2) is 0 Å². The number of rotatable bonds is 7. The molecule has 1 rings (SSSR count). The number of nitrogens with zero attached hydrogens (tertiary/aromatic N) is 1. The zero-order chi connectivity index (χ0) is 11.8. The SMILES string of the molecule is CC(C)COCCNCC1CCCCN1C. The summed E-state index contributed by atoms with van der Waals surface area (Å²) in [6.45, 7) is 9.45. The van der Waals surface area contributed by atoms with Gasteiger partial charge in [0.1, 0.15) is 0 Å². The molecule has 0 saturated carbocycles. The van der Waals surface area contributed by atoms with Gasteiger partial charge in [-0.2, -0.15) is 0 Å². The third-order valence-corrected chi connectivity index (χ3v) is 3.18. The fourth-order valence-electron chi connectivity index (χ4n) is 2.13. The van der Waals surface area contributed by atoms with Crippen LogP contribution in [0.5, 0.6) is 0 Å². The Morgan fingerprint density at radius 3 is 2.88 bits per heavy atom. The van der Waals surface area contributed by atoms with Gasteiger partial charge < -0.3 is 15.0 Å². The van der Waals surface area contributed by atoms with E-state index >= 15 is 0 Å². The number of ether oxygens (including phenoxy) is 1. The first kappa shape index (κ1) is 13.9. The first-order valence-corrected chi connectivity index (χ1v) is 6.69. The summed E-state index contributed by atoms with van der Waals surface area (Å²) in [6, 6.07) is 0.735. The molecule has 0 aliphatic carbocycles. The normalized spacial score (nSPS) is 22.9. The Labute approximate surface area is 101 Å². The highest BCUT2D eigenvalue weighted by Crippen LogP contribution is 2.13. The highest BCUT2D eigenvalue weighted by atomic mass is 16.5. The number of likely N-dealkylation sites (N-methyl/N-ethyl adjacent to an activating group) is 1. The van der Waals surface area contributed by atoms with Crippen LogP contribution in [0.2, 0.25) is 0 Å². The Morgan fingerprint density at radius 1 is 1.38 bits per heavy atom. The summed E-state index contributed by atoms with van der Waals surface area (Å²) in [5, 5.41) is 3.49. The Kier molecular flexibility index (Phi) is 7.01. The van der Waals surface area contributed by atoms with Gasteiger partial charge in [0.25, 0.3) is 0 Å². The van der Waals surface area contributed by atoms with E-state index in [1.807, 2.05) is 0 Å². The standard InChI is InChI=1S/C13H28N2O/c1-12(2)11-16-9-7-14-10-13-6-4-5-8-15(13)3/h12-14H,4-11H2,1-3H3. The van der Waals surface area contributed by atoms with Gasteiger partial charge in [-0.1, -0.05) is 20.3 Å². The number of hydrogen-bond acceptors (Lipinski definition) is 3. The predicted octanol–water partition coefficient (Wildman–Crippen LogP) is 1.73. The maximum atomic E-state index is 5.54. The molecule has 0 amide bonds. The molecule has 0 aromatic carbocycles.